The normalized spacial score (nSPS) is 13.9. The van der Waals surface area contributed by atoms with Gasteiger partial charge in [-0.2, -0.15) is 0 Å². The van der Waals surface area contributed by atoms with Crippen molar-refractivity contribution in [2.75, 3.05) is 5.32 Å². The first-order chi connectivity index (χ1) is 9.16. The Morgan fingerprint density at radius 3 is 2.40 bits per heavy atom. The van der Waals surface area contributed by atoms with E-state index >= 15 is 0 Å². The third-order valence-corrected chi connectivity index (χ3v) is 4.04. The second-order valence-electron chi connectivity index (χ2n) is 5.23. The standard InChI is InChI=1S/C14H17Cl2NO3/c1-8(2)14(3,13(19)20)7-12(18)17-11-5-4-9(15)6-10(11)16/h4-6,8H,7H2,1-3H3,(H,17,18)(H,19,20). The second kappa shape index (κ2) is 6.46. The van der Waals surface area contributed by atoms with Crippen LogP contribution in [0.3, 0.4) is 0 Å². The summed E-state index contributed by atoms with van der Waals surface area (Å²) < 4.78 is 0. The summed E-state index contributed by atoms with van der Waals surface area (Å²) >= 11 is 11.7. The molecule has 1 rings (SSSR count). The lowest BCUT2D eigenvalue weighted by Crippen LogP contribution is -2.37. The molecule has 4 nitrogen and oxygen atoms in total. The zero-order valence-electron chi connectivity index (χ0n) is 11.5. The fourth-order valence-electron chi connectivity index (χ4n) is 1.65. The first-order valence-electron chi connectivity index (χ1n) is 6.15. The first kappa shape index (κ1) is 16.8. The van der Waals surface area contributed by atoms with Crippen molar-refractivity contribution >= 4 is 40.8 Å². The lowest BCUT2D eigenvalue weighted by atomic mass is 9.76. The summed E-state index contributed by atoms with van der Waals surface area (Å²) in [5, 5.41) is 12.7. The Labute approximate surface area is 128 Å². The number of halogens is 2. The summed E-state index contributed by atoms with van der Waals surface area (Å²) in [7, 11) is 0. The molecule has 1 amide bonds. The third kappa shape index (κ3) is 3.87. The first-order valence-corrected chi connectivity index (χ1v) is 6.90. The van der Waals surface area contributed by atoms with E-state index in [1.807, 2.05) is 0 Å². The minimum Gasteiger partial charge on any atom is -0.481 e. The molecule has 0 aromatic heterocycles. The van der Waals surface area contributed by atoms with Gasteiger partial charge in [-0.3, -0.25) is 9.59 Å². The largest absolute Gasteiger partial charge is 0.481 e. The summed E-state index contributed by atoms with van der Waals surface area (Å²) in [6, 6.07) is 4.69. The van der Waals surface area contributed by atoms with Gasteiger partial charge in [0, 0.05) is 11.4 Å². The number of rotatable bonds is 5. The van der Waals surface area contributed by atoms with Gasteiger partial charge in [0.05, 0.1) is 16.1 Å². The fourth-order valence-corrected chi connectivity index (χ4v) is 2.10. The van der Waals surface area contributed by atoms with Gasteiger partial charge in [-0.05, 0) is 31.0 Å². The van der Waals surface area contributed by atoms with Crippen molar-refractivity contribution in [3.8, 4) is 0 Å². The number of nitrogens with one attached hydrogen (secondary N) is 1. The van der Waals surface area contributed by atoms with Crippen LogP contribution in [0, 0.1) is 11.3 Å². The average Bonchev–Trinajstić information content (AvgIpc) is 2.32. The number of aliphatic carboxylic acids is 1. The van der Waals surface area contributed by atoms with E-state index in [9.17, 15) is 14.7 Å². The van der Waals surface area contributed by atoms with Crippen molar-refractivity contribution < 1.29 is 14.7 Å². The Morgan fingerprint density at radius 2 is 1.95 bits per heavy atom. The van der Waals surface area contributed by atoms with E-state index < -0.39 is 17.3 Å². The molecule has 0 saturated carbocycles. The molecule has 6 heteroatoms. The van der Waals surface area contributed by atoms with Gasteiger partial charge < -0.3 is 10.4 Å². The number of carboxylic acid groups (broad SMARTS) is 1. The Kier molecular flexibility index (Phi) is 5.42. The van der Waals surface area contributed by atoms with Crippen LogP contribution in [-0.4, -0.2) is 17.0 Å². The van der Waals surface area contributed by atoms with E-state index in [0.717, 1.165) is 0 Å². The molecule has 0 saturated heterocycles. The Bertz CT molecular complexity index is 531. The van der Waals surface area contributed by atoms with E-state index in [1.165, 1.54) is 6.07 Å². The molecule has 0 radical (unpaired) electrons. The molecule has 0 aliphatic heterocycles. The molecular weight excluding hydrogens is 301 g/mol. The van der Waals surface area contributed by atoms with E-state index in [2.05, 4.69) is 5.32 Å². The van der Waals surface area contributed by atoms with Gasteiger partial charge in [0.15, 0.2) is 0 Å². The highest BCUT2D eigenvalue weighted by Crippen LogP contribution is 2.32. The molecule has 110 valence electrons. The van der Waals surface area contributed by atoms with Crippen molar-refractivity contribution in [3.63, 3.8) is 0 Å². The van der Waals surface area contributed by atoms with Crippen LogP contribution < -0.4 is 5.32 Å². The Hall–Kier alpha value is -1.26. The molecule has 20 heavy (non-hydrogen) atoms. The van der Waals surface area contributed by atoms with E-state index in [0.29, 0.717) is 15.7 Å². The molecule has 1 unspecified atom stereocenters. The zero-order valence-corrected chi connectivity index (χ0v) is 13.0. The van der Waals surface area contributed by atoms with E-state index in [1.54, 1.807) is 32.9 Å². The zero-order chi connectivity index (χ0) is 15.5. The number of carboxylic acids is 1. The summed E-state index contributed by atoms with van der Waals surface area (Å²) in [4.78, 5) is 23.3. The van der Waals surface area contributed by atoms with Crippen LogP contribution in [0.5, 0.6) is 0 Å². The molecule has 1 aromatic rings. The maximum absolute atomic E-state index is 12.0. The SMILES string of the molecule is CC(C)C(C)(CC(=O)Nc1ccc(Cl)cc1Cl)C(=O)O. The van der Waals surface area contributed by atoms with Crippen LogP contribution in [0.25, 0.3) is 0 Å². The number of amides is 1. The molecule has 0 heterocycles. The minimum absolute atomic E-state index is 0.126. The van der Waals surface area contributed by atoms with Gasteiger partial charge in [0.1, 0.15) is 0 Å². The highest BCUT2D eigenvalue weighted by molar-refractivity contribution is 6.36. The maximum atomic E-state index is 12.0. The van der Waals surface area contributed by atoms with Crippen LogP contribution in [0.4, 0.5) is 5.69 Å². The smallest absolute Gasteiger partial charge is 0.310 e. The number of carbonyl (C=O) groups excluding carboxylic acids is 1. The maximum Gasteiger partial charge on any atom is 0.310 e. The quantitative estimate of drug-likeness (QED) is 0.860. The highest BCUT2D eigenvalue weighted by atomic mass is 35.5. The summed E-state index contributed by atoms with van der Waals surface area (Å²) in [5.74, 6) is -1.57. The molecule has 2 N–H and O–H groups in total. The lowest BCUT2D eigenvalue weighted by molar-refractivity contribution is -0.153. The van der Waals surface area contributed by atoms with Gasteiger partial charge in [-0.1, -0.05) is 37.0 Å². The van der Waals surface area contributed by atoms with Gasteiger partial charge in [-0.25, -0.2) is 0 Å². The van der Waals surface area contributed by atoms with Crippen LogP contribution in [0.1, 0.15) is 27.2 Å². The number of hydrogen-bond acceptors (Lipinski definition) is 2. The highest BCUT2D eigenvalue weighted by Gasteiger charge is 2.38. The monoisotopic (exact) mass is 317 g/mol. The Balaban J connectivity index is 2.84. The van der Waals surface area contributed by atoms with Crippen LogP contribution in [0.15, 0.2) is 18.2 Å². The molecule has 0 aliphatic carbocycles. The van der Waals surface area contributed by atoms with Crippen LogP contribution >= 0.6 is 23.2 Å². The summed E-state index contributed by atoms with van der Waals surface area (Å²) in [6.07, 6.45) is -0.126. The predicted octanol–water partition coefficient (Wildman–Crippen LogP) is 4.07. The van der Waals surface area contributed by atoms with Gasteiger partial charge in [0.25, 0.3) is 0 Å². The van der Waals surface area contributed by atoms with Gasteiger partial charge >= 0.3 is 5.97 Å². The van der Waals surface area contributed by atoms with Crippen molar-refractivity contribution in [3.05, 3.63) is 28.2 Å². The minimum atomic E-state index is -1.12. The van der Waals surface area contributed by atoms with Gasteiger partial charge in [-0.15, -0.1) is 0 Å². The van der Waals surface area contributed by atoms with E-state index in [-0.39, 0.29) is 12.3 Å². The molecule has 1 atom stereocenters. The molecule has 1 aromatic carbocycles. The third-order valence-electron chi connectivity index (χ3n) is 3.50. The average molecular weight is 318 g/mol. The molecular formula is C14H17Cl2NO3. The fraction of sp³-hybridized carbons (Fsp3) is 0.429. The van der Waals surface area contributed by atoms with Crippen molar-refractivity contribution in [1.29, 1.82) is 0 Å². The Morgan fingerprint density at radius 1 is 1.35 bits per heavy atom. The second-order valence-corrected chi connectivity index (χ2v) is 6.07. The molecule has 0 spiro atoms. The summed E-state index contributed by atoms with van der Waals surface area (Å²) in [6.45, 7) is 5.11. The predicted molar refractivity (Wildman–Crippen MR) is 80.3 cm³/mol. The number of hydrogen-bond donors (Lipinski definition) is 2. The van der Waals surface area contributed by atoms with Crippen LogP contribution in [-0.2, 0) is 9.59 Å². The van der Waals surface area contributed by atoms with Gasteiger partial charge in [0.2, 0.25) is 5.91 Å². The number of carbonyl (C=O) groups is 2. The lowest BCUT2D eigenvalue weighted by Gasteiger charge is -2.28. The number of benzene rings is 1. The van der Waals surface area contributed by atoms with E-state index in [4.69, 9.17) is 23.2 Å². The summed E-state index contributed by atoms with van der Waals surface area (Å²) in [5.41, 5.74) is -0.708. The number of anilines is 1. The van der Waals surface area contributed by atoms with Crippen molar-refractivity contribution in [2.45, 2.75) is 27.2 Å². The van der Waals surface area contributed by atoms with Crippen molar-refractivity contribution in [2.24, 2.45) is 11.3 Å². The molecule has 0 bridgehead atoms. The molecule has 0 fully saturated rings. The molecule has 0 aliphatic rings. The van der Waals surface area contributed by atoms with Crippen molar-refractivity contribution in [1.82, 2.24) is 0 Å². The van der Waals surface area contributed by atoms with Crippen LogP contribution in [0.2, 0.25) is 10.0 Å². The topological polar surface area (TPSA) is 66.4 Å².